The van der Waals surface area contributed by atoms with Crippen LogP contribution in [0.1, 0.15) is 5.69 Å². The Morgan fingerprint density at radius 3 is 2.38 bits per heavy atom. The van der Waals surface area contributed by atoms with E-state index in [-0.39, 0.29) is 5.69 Å². The van der Waals surface area contributed by atoms with Crippen molar-refractivity contribution >= 4 is 0 Å². The van der Waals surface area contributed by atoms with E-state index in [2.05, 4.69) is 5.10 Å². The summed E-state index contributed by atoms with van der Waals surface area (Å²) in [5, 5.41) is 3.86. The number of nitrogens with zero attached hydrogens (tertiary/aromatic N) is 2. The first-order valence-electron chi connectivity index (χ1n) is 4.71. The number of hydrogen-bond acceptors (Lipinski definition) is 1. The topological polar surface area (TPSA) is 17.8 Å². The Morgan fingerprint density at radius 1 is 1.06 bits per heavy atom. The lowest BCUT2D eigenvalue weighted by atomic mass is 10.3. The Morgan fingerprint density at radius 2 is 1.75 bits per heavy atom. The first kappa shape index (κ1) is 10.7. The summed E-state index contributed by atoms with van der Waals surface area (Å²) in [5.41, 5.74) is 0.771. The van der Waals surface area contributed by atoms with Crippen molar-refractivity contribution < 1.29 is 13.2 Å². The van der Waals surface area contributed by atoms with Crippen molar-refractivity contribution in [1.82, 2.24) is 9.78 Å². The van der Waals surface area contributed by atoms with E-state index in [0.717, 1.165) is 5.69 Å². The zero-order valence-corrected chi connectivity index (χ0v) is 8.28. The lowest BCUT2D eigenvalue weighted by molar-refractivity contribution is -0.127. The molecule has 0 aliphatic carbocycles. The number of aromatic nitrogens is 2. The number of benzene rings is 1. The van der Waals surface area contributed by atoms with Crippen LogP contribution in [0, 0.1) is 0 Å². The average Bonchev–Trinajstić information content (AvgIpc) is 2.65. The fourth-order valence-corrected chi connectivity index (χ4v) is 1.39. The van der Waals surface area contributed by atoms with E-state index in [1.165, 1.54) is 16.9 Å². The maximum Gasteiger partial charge on any atom is 0.394 e. The summed E-state index contributed by atoms with van der Waals surface area (Å²) in [4.78, 5) is 0. The van der Waals surface area contributed by atoms with Gasteiger partial charge in [-0.1, -0.05) is 18.2 Å². The van der Waals surface area contributed by atoms with E-state index < -0.39 is 12.6 Å². The molecule has 5 heteroatoms. The summed E-state index contributed by atoms with van der Waals surface area (Å²) in [7, 11) is 0. The molecule has 1 heterocycles. The van der Waals surface area contributed by atoms with Crippen LogP contribution in [0.2, 0.25) is 0 Å². The summed E-state index contributed by atoms with van der Waals surface area (Å²) in [6, 6.07) is 10.4. The maximum absolute atomic E-state index is 12.1. The number of halogens is 3. The van der Waals surface area contributed by atoms with E-state index in [1.807, 2.05) is 6.07 Å². The molecule has 0 radical (unpaired) electrons. The summed E-state index contributed by atoms with van der Waals surface area (Å²) in [5.74, 6) is 0. The van der Waals surface area contributed by atoms with Gasteiger partial charge in [0.05, 0.1) is 17.8 Å². The Kier molecular flexibility index (Phi) is 2.68. The predicted octanol–water partition coefficient (Wildman–Crippen LogP) is 2.98. The molecule has 16 heavy (non-hydrogen) atoms. The highest BCUT2D eigenvalue weighted by atomic mass is 19.4. The third-order valence-electron chi connectivity index (χ3n) is 2.05. The number of rotatable bonds is 2. The molecule has 0 saturated carbocycles. The highest BCUT2D eigenvalue weighted by Gasteiger charge is 2.28. The molecule has 0 aliphatic heterocycles. The van der Waals surface area contributed by atoms with Crippen molar-refractivity contribution in [2.45, 2.75) is 12.6 Å². The van der Waals surface area contributed by atoms with Crippen molar-refractivity contribution in [3.05, 3.63) is 48.3 Å². The van der Waals surface area contributed by atoms with E-state index >= 15 is 0 Å². The smallest absolute Gasteiger partial charge is 0.241 e. The van der Waals surface area contributed by atoms with Gasteiger partial charge in [0.1, 0.15) is 0 Å². The van der Waals surface area contributed by atoms with E-state index in [9.17, 15) is 13.2 Å². The van der Waals surface area contributed by atoms with Crippen molar-refractivity contribution in [3.63, 3.8) is 0 Å². The van der Waals surface area contributed by atoms with Gasteiger partial charge in [0.2, 0.25) is 0 Å². The van der Waals surface area contributed by atoms with E-state index in [0.29, 0.717) is 0 Å². The van der Waals surface area contributed by atoms with Gasteiger partial charge in [0.15, 0.2) is 0 Å². The molecule has 0 amide bonds. The fraction of sp³-hybridized carbons (Fsp3) is 0.182. The molecule has 2 aromatic rings. The van der Waals surface area contributed by atoms with Crippen LogP contribution in [0.3, 0.4) is 0 Å². The highest BCUT2D eigenvalue weighted by molar-refractivity contribution is 5.30. The minimum atomic E-state index is -4.21. The molecule has 1 aromatic heterocycles. The van der Waals surface area contributed by atoms with Crippen LogP contribution in [-0.2, 0) is 6.42 Å². The van der Waals surface area contributed by atoms with E-state index in [4.69, 9.17) is 0 Å². The highest BCUT2D eigenvalue weighted by Crippen LogP contribution is 2.20. The summed E-state index contributed by atoms with van der Waals surface area (Å²) in [6.07, 6.45) is -3.68. The minimum absolute atomic E-state index is 0.0244. The van der Waals surface area contributed by atoms with Gasteiger partial charge in [-0.2, -0.15) is 18.3 Å². The maximum atomic E-state index is 12.1. The molecule has 0 atom stereocenters. The predicted molar refractivity (Wildman–Crippen MR) is 53.3 cm³/mol. The van der Waals surface area contributed by atoms with Crippen LogP contribution >= 0.6 is 0 Å². The second kappa shape index (κ2) is 4.00. The molecule has 2 nitrogen and oxygen atoms in total. The van der Waals surface area contributed by atoms with Crippen LogP contribution < -0.4 is 0 Å². The third-order valence-corrected chi connectivity index (χ3v) is 2.05. The average molecular weight is 226 g/mol. The molecule has 0 saturated heterocycles. The zero-order valence-electron chi connectivity index (χ0n) is 8.28. The van der Waals surface area contributed by atoms with Gasteiger partial charge in [-0.25, -0.2) is 4.68 Å². The quantitative estimate of drug-likeness (QED) is 0.769. The second-order valence-corrected chi connectivity index (χ2v) is 3.38. The molecule has 0 aliphatic rings. The molecular formula is C11H9F3N2. The van der Waals surface area contributed by atoms with Crippen molar-refractivity contribution in [1.29, 1.82) is 0 Å². The Labute approximate surface area is 90.3 Å². The monoisotopic (exact) mass is 226 g/mol. The Hall–Kier alpha value is -1.78. The third kappa shape index (κ3) is 2.62. The van der Waals surface area contributed by atoms with Crippen LogP contribution in [0.4, 0.5) is 13.2 Å². The van der Waals surface area contributed by atoms with Crippen LogP contribution in [0.25, 0.3) is 5.69 Å². The van der Waals surface area contributed by atoms with Gasteiger partial charge in [-0.05, 0) is 18.2 Å². The molecule has 0 unspecified atom stereocenters. The molecule has 0 spiro atoms. The molecule has 0 bridgehead atoms. The summed E-state index contributed by atoms with van der Waals surface area (Å²) < 4.78 is 37.7. The molecule has 1 aromatic carbocycles. The first-order chi connectivity index (χ1) is 7.54. The van der Waals surface area contributed by atoms with Crippen molar-refractivity contribution in [2.75, 3.05) is 0 Å². The van der Waals surface area contributed by atoms with Gasteiger partial charge < -0.3 is 0 Å². The van der Waals surface area contributed by atoms with Crippen molar-refractivity contribution in [3.8, 4) is 5.69 Å². The number of alkyl halides is 3. The van der Waals surface area contributed by atoms with E-state index in [1.54, 1.807) is 24.3 Å². The van der Waals surface area contributed by atoms with Crippen molar-refractivity contribution in [2.24, 2.45) is 0 Å². The lowest BCUT2D eigenvalue weighted by Crippen LogP contribution is -2.12. The van der Waals surface area contributed by atoms with Gasteiger partial charge >= 0.3 is 6.18 Å². The molecule has 0 fully saturated rings. The Balaban J connectivity index is 2.21. The molecule has 0 N–H and O–H groups in total. The summed E-state index contributed by atoms with van der Waals surface area (Å²) >= 11 is 0. The largest absolute Gasteiger partial charge is 0.394 e. The van der Waals surface area contributed by atoms with Gasteiger partial charge in [0.25, 0.3) is 0 Å². The SMILES string of the molecule is FC(F)(F)Cc1ccn(-c2ccccc2)n1. The van der Waals surface area contributed by atoms with Crippen LogP contribution in [0.15, 0.2) is 42.6 Å². The second-order valence-electron chi connectivity index (χ2n) is 3.38. The Bertz CT molecular complexity index is 460. The zero-order chi connectivity index (χ0) is 11.6. The fourth-order valence-electron chi connectivity index (χ4n) is 1.39. The normalized spacial score (nSPS) is 11.7. The first-order valence-corrected chi connectivity index (χ1v) is 4.71. The number of hydrogen-bond donors (Lipinski definition) is 0. The molecular weight excluding hydrogens is 217 g/mol. The molecule has 84 valence electrons. The minimum Gasteiger partial charge on any atom is -0.241 e. The number of para-hydroxylation sites is 1. The van der Waals surface area contributed by atoms with Gasteiger partial charge in [0, 0.05) is 6.20 Å². The lowest BCUT2D eigenvalue weighted by Gasteiger charge is -2.03. The standard InChI is InChI=1S/C11H9F3N2/c12-11(13,14)8-9-6-7-16(15-9)10-4-2-1-3-5-10/h1-7H,8H2. The van der Waals surface area contributed by atoms with Gasteiger partial charge in [-0.15, -0.1) is 0 Å². The van der Waals surface area contributed by atoms with Crippen LogP contribution in [0.5, 0.6) is 0 Å². The van der Waals surface area contributed by atoms with Crippen LogP contribution in [-0.4, -0.2) is 16.0 Å². The van der Waals surface area contributed by atoms with Gasteiger partial charge in [-0.3, -0.25) is 0 Å². The summed E-state index contributed by atoms with van der Waals surface area (Å²) in [6.45, 7) is 0. The molecule has 2 rings (SSSR count).